The maximum absolute atomic E-state index is 13.8. The van der Waals surface area contributed by atoms with Crippen LogP contribution in [0.2, 0.25) is 0 Å². The van der Waals surface area contributed by atoms with Crippen LogP contribution in [0.4, 0.5) is 18.2 Å². The number of furan rings is 1. The SMILES string of the molecule is CCOC(=O)c1c(NC(=O)c2cc3nc(-c4ccco4)cc(C(F)(F)F)n3n2)sc2c1CCCCC2. The first-order valence-electron chi connectivity index (χ1n) is 11.4. The van der Waals surface area contributed by atoms with Crippen molar-refractivity contribution in [1.82, 2.24) is 14.6 Å². The molecule has 4 aromatic rings. The summed E-state index contributed by atoms with van der Waals surface area (Å²) in [6, 6.07) is 5.00. The number of alkyl halides is 3. The number of fused-ring (bicyclic) bond motifs is 2. The molecule has 0 unspecified atom stereocenters. The van der Waals surface area contributed by atoms with Gasteiger partial charge >= 0.3 is 12.1 Å². The number of thiophene rings is 1. The Morgan fingerprint density at radius 1 is 1.22 bits per heavy atom. The molecule has 0 saturated carbocycles. The summed E-state index contributed by atoms with van der Waals surface area (Å²) in [4.78, 5) is 31.1. The van der Waals surface area contributed by atoms with Crippen LogP contribution in [0.25, 0.3) is 17.1 Å². The lowest BCUT2D eigenvalue weighted by atomic mass is 10.1. The number of hydrogen-bond donors (Lipinski definition) is 1. The van der Waals surface area contributed by atoms with Crippen molar-refractivity contribution in [2.75, 3.05) is 11.9 Å². The van der Waals surface area contributed by atoms with Crippen molar-refractivity contribution in [2.45, 2.75) is 45.2 Å². The number of hydrogen-bond acceptors (Lipinski definition) is 7. The zero-order valence-corrected chi connectivity index (χ0v) is 20.0. The second-order valence-corrected chi connectivity index (χ2v) is 9.35. The van der Waals surface area contributed by atoms with Crippen LogP contribution in [0.1, 0.15) is 63.2 Å². The van der Waals surface area contributed by atoms with E-state index in [1.165, 1.54) is 35.8 Å². The van der Waals surface area contributed by atoms with Gasteiger partial charge in [-0.1, -0.05) is 6.42 Å². The summed E-state index contributed by atoms with van der Waals surface area (Å²) >= 11 is 1.29. The van der Waals surface area contributed by atoms with Crippen molar-refractivity contribution in [2.24, 2.45) is 0 Å². The van der Waals surface area contributed by atoms with E-state index >= 15 is 0 Å². The number of ether oxygens (including phenoxy) is 1. The zero-order chi connectivity index (χ0) is 25.4. The molecule has 8 nitrogen and oxygen atoms in total. The van der Waals surface area contributed by atoms with Gasteiger partial charge in [0.15, 0.2) is 22.8 Å². The smallest absolute Gasteiger partial charge is 0.433 e. The topological polar surface area (TPSA) is 98.7 Å². The highest BCUT2D eigenvalue weighted by Gasteiger charge is 2.36. The Hall–Kier alpha value is -3.67. The third-order valence-electron chi connectivity index (χ3n) is 5.85. The van der Waals surface area contributed by atoms with Gasteiger partial charge in [0.1, 0.15) is 10.7 Å². The summed E-state index contributed by atoms with van der Waals surface area (Å²) in [5.74, 6) is -1.14. The molecule has 188 valence electrons. The Bertz CT molecular complexity index is 1440. The minimum absolute atomic E-state index is 0.0433. The largest absolute Gasteiger partial charge is 0.463 e. The second-order valence-electron chi connectivity index (χ2n) is 8.24. The molecule has 1 aliphatic rings. The molecule has 36 heavy (non-hydrogen) atoms. The van der Waals surface area contributed by atoms with Crippen molar-refractivity contribution in [3.8, 4) is 11.5 Å². The summed E-state index contributed by atoms with van der Waals surface area (Å²) in [5.41, 5.74) is -0.418. The summed E-state index contributed by atoms with van der Waals surface area (Å²) in [7, 11) is 0. The lowest BCUT2D eigenvalue weighted by Crippen LogP contribution is -2.17. The monoisotopic (exact) mass is 518 g/mol. The van der Waals surface area contributed by atoms with Crippen molar-refractivity contribution in [3.63, 3.8) is 0 Å². The Kier molecular flexibility index (Phi) is 6.29. The first-order chi connectivity index (χ1) is 17.3. The number of carbonyl (C=O) groups excluding carboxylic acids is 2. The normalized spacial score (nSPS) is 13.9. The van der Waals surface area contributed by atoms with Crippen LogP contribution in [0, 0.1) is 0 Å². The summed E-state index contributed by atoms with van der Waals surface area (Å²) < 4.78 is 52.4. The number of nitrogens with one attached hydrogen (secondary N) is 1. The number of amides is 1. The van der Waals surface area contributed by atoms with Gasteiger partial charge in [-0.25, -0.2) is 14.3 Å². The maximum atomic E-state index is 13.8. The Labute approximate surface area is 207 Å². The minimum Gasteiger partial charge on any atom is -0.463 e. The lowest BCUT2D eigenvalue weighted by molar-refractivity contribution is -0.142. The molecular weight excluding hydrogens is 497 g/mol. The molecule has 1 aliphatic carbocycles. The fourth-order valence-corrected chi connectivity index (χ4v) is 5.53. The van der Waals surface area contributed by atoms with E-state index in [2.05, 4.69) is 15.4 Å². The number of carbonyl (C=O) groups is 2. The van der Waals surface area contributed by atoms with E-state index in [4.69, 9.17) is 9.15 Å². The third kappa shape index (κ3) is 4.48. The van der Waals surface area contributed by atoms with Crippen LogP contribution in [-0.4, -0.2) is 33.1 Å². The van der Waals surface area contributed by atoms with Crippen molar-refractivity contribution in [1.29, 1.82) is 0 Å². The van der Waals surface area contributed by atoms with Crippen LogP contribution in [0.3, 0.4) is 0 Å². The maximum Gasteiger partial charge on any atom is 0.433 e. The highest BCUT2D eigenvalue weighted by molar-refractivity contribution is 7.17. The molecule has 1 N–H and O–H groups in total. The Morgan fingerprint density at radius 3 is 2.75 bits per heavy atom. The van der Waals surface area contributed by atoms with Gasteiger partial charge in [0.25, 0.3) is 5.91 Å². The molecule has 0 fully saturated rings. The lowest BCUT2D eigenvalue weighted by Gasteiger charge is -2.10. The van der Waals surface area contributed by atoms with Gasteiger partial charge in [0, 0.05) is 10.9 Å². The minimum atomic E-state index is -4.76. The molecule has 1 amide bonds. The summed E-state index contributed by atoms with van der Waals surface area (Å²) in [6.07, 6.45) is 0.975. The van der Waals surface area contributed by atoms with Gasteiger partial charge in [-0.2, -0.15) is 18.3 Å². The molecule has 0 aromatic carbocycles. The second kappa shape index (κ2) is 9.41. The predicted octanol–water partition coefficient (Wildman–Crippen LogP) is 5.77. The van der Waals surface area contributed by atoms with E-state index in [1.807, 2.05) is 0 Å². The van der Waals surface area contributed by atoms with Crippen LogP contribution in [0.5, 0.6) is 0 Å². The molecular formula is C24H21F3N4O4S. The summed E-state index contributed by atoms with van der Waals surface area (Å²) in [6.45, 7) is 1.87. The molecule has 0 atom stereocenters. The standard InChI is InChI=1S/C24H21F3N4O4S/c1-2-34-23(33)20-13-7-4-3-5-9-17(13)36-22(20)29-21(32)15-12-19-28-14(16-8-6-10-35-16)11-18(24(25,26)27)31(19)30-15/h6,8,10-12H,2-5,7,9H2,1H3,(H,29,32). The van der Waals surface area contributed by atoms with E-state index in [0.717, 1.165) is 42.2 Å². The Morgan fingerprint density at radius 2 is 2.03 bits per heavy atom. The van der Waals surface area contributed by atoms with E-state index < -0.39 is 23.7 Å². The average molecular weight is 519 g/mol. The molecule has 0 bridgehead atoms. The van der Waals surface area contributed by atoms with Crippen LogP contribution in [0.15, 0.2) is 34.9 Å². The van der Waals surface area contributed by atoms with Crippen molar-refractivity contribution in [3.05, 3.63) is 57.9 Å². The molecule has 4 aromatic heterocycles. The highest BCUT2D eigenvalue weighted by Crippen LogP contribution is 2.38. The number of halogens is 3. The average Bonchev–Trinajstić information content (AvgIpc) is 3.54. The van der Waals surface area contributed by atoms with Crippen LogP contribution >= 0.6 is 11.3 Å². The van der Waals surface area contributed by atoms with Gasteiger partial charge in [-0.15, -0.1) is 11.3 Å². The Balaban J connectivity index is 1.54. The van der Waals surface area contributed by atoms with Crippen molar-refractivity contribution >= 4 is 33.9 Å². The van der Waals surface area contributed by atoms with Gasteiger partial charge in [-0.05, 0) is 56.4 Å². The molecule has 0 spiro atoms. The predicted molar refractivity (Wildman–Crippen MR) is 125 cm³/mol. The molecule has 0 aliphatic heterocycles. The first-order valence-corrected chi connectivity index (χ1v) is 12.2. The highest BCUT2D eigenvalue weighted by atomic mass is 32.1. The fourth-order valence-electron chi connectivity index (χ4n) is 4.25. The molecule has 12 heteroatoms. The first kappa shape index (κ1) is 24.0. The molecule has 5 rings (SSSR count). The van der Waals surface area contributed by atoms with Crippen LogP contribution < -0.4 is 5.32 Å². The zero-order valence-electron chi connectivity index (χ0n) is 19.1. The van der Waals surface area contributed by atoms with Crippen molar-refractivity contribution < 1.29 is 31.9 Å². The van der Waals surface area contributed by atoms with E-state index in [1.54, 1.807) is 6.92 Å². The number of aryl methyl sites for hydroxylation is 1. The quantitative estimate of drug-likeness (QED) is 0.266. The van der Waals surface area contributed by atoms with E-state index in [-0.39, 0.29) is 29.4 Å². The molecule has 4 heterocycles. The third-order valence-corrected chi connectivity index (χ3v) is 7.06. The van der Waals surface area contributed by atoms with Gasteiger partial charge in [0.05, 0.1) is 18.4 Å². The number of nitrogens with zero attached hydrogens (tertiary/aromatic N) is 3. The number of aromatic nitrogens is 3. The molecule has 0 saturated heterocycles. The van der Waals surface area contributed by atoms with Gasteiger partial charge in [0.2, 0.25) is 0 Å². The van der Waals surface area contributed by atoms with Gasteiger partial charge < -0.3 is 14.5 Å². The fraction of sp³-hybridized carbons (Fsp3) is 0.333. The number of anilines is 1. The number of esters is 1. The van der Waals surface area contributed by atoms with Gasteiger partial charge in [-0.3, -0.25) is 4.79 Å². The van der Waals surface area contributed by atoms with Crippen LogP contribution in [-0.2, 0) is 23.8 Å². The number of rotatable bonds is 5. The van der Waals surface area contributed by atoms with E-state index in [9.17, 15) is 22.8 Å². The molecule has 0 radical (unpaired) electrons. The van der Waals surface area contributed by atoms with E-state index in [0.29, 0.717) is 21.5 Å². The summed E-state index contributed by atoms with van der Waals surface area (Å²) in [5, 5.41) is 6.87.